The molecular formula is C21H17F3N2O5. The van der Waals surface area contributed by atoms with Gasteiger partial charge in [-0.2, -0.15) is 23.1 Å². The first kappa shape index (κ1) is 21.9. The van der Waals surface area contributed by atoms with Gasteiger partial charge in [-0.25, -0.2) is 4.79 Å². The largest absolute Gasteiger partial charge is 0.481 e. The summed E-state index contributed by atoms with van der Waals surface area (Å²) in [6, 6.07) is 12.6. The van der Waals surface area contributed by atoms with Crippen molar-refractivity contribution in [2.75, 3.05) is 14.2 Å². The summed E-state index contributed by atoms with van der Waals surface area (Å²) >= 11 is 0. The molecule has 0 radical (unpaired) electrons. The summed E-state index contributed by atoms with van der Waals surface area (Å²) < 4.78 is 61.3. The fourth-order valence-electron chi connectivity index (χ4n) is 2.60. The van der Waals surface area contributed by atoms with Crippen LogP contribution in [0.5, 0.6) is 23.5 Å². The van der Waals surface area contributed by atoms with Crippen LogP contribution in [0.2, 0.25) is 0 Å². The minimum absolute atomic E-state index is 0.0574. The highest BCUT2D eigenvalue weighted by atomic mass is 19.4. The number of nitrogens with zero attached hydrogens (tertiary/aromatic N) is 2. The molecule has 2 aromatic carbocycles. The predicted molar refractivity (Wildman–Crippen MR) is 102 cm³/mol. The zero-order valence-electron chi connectivity index (χ0n) is 16.5. The molecule has 0 aliphatic rings. The Kier molecular flexibility index (Phi) is 6.58. The van der Waals surface area contributed by atoms with E-state index in [1.54, 1.807) is 30.3 Å². The maximum absolute atomic E-state index is 13.6. The molecule has 0 saturated heterocycles. The Bertz CT molecular complexity index is 1040. The number of rotatable bonds is 7. The van der Waals surface area contributed by atoms with E-state index in [1.807, 2.05) is 0 Å². The van der Waals surface area contributed by atoms with Crippen LogP contribution in [0.15, 0.2) is 54.6 Å². The van der Waals surface area contributed by atoms with E-state index in [0.717, 1.165) is 12.1 Å². The van der Waals surface area contributed by atoms with Crippen molar-refractivity contribution in [3.8, 4) is 23.5 Å². The molecule has 0 saturated carbocycles. The van der Waals surface area contributed by atoms with Gasteiger partial charge in [-0.05, 0) is 17.7 Å². The van der Waals surface area contributed by atoms with Gasteiger partial charge in [0.1, 0.15) is 17.9 Å². The lowest BCUT2D eigenvalue weighted by Gasteiger charge is -2.16. The molecule has 31 heavy (non-hydrogen) atoms. The van der Waals surface area contributed by atoms with Crippen LogP contribution in [0.4, 0.5) is 13.2 Å². The summed E-state index contributed by atoms with van der Waals surface area (Å²) in [6.45, 7) is -0.214. The van der Waals surface area contributed by atoms with E-state index in [0.29, 0.717) is 5.56 Å². The third kappa shape index (κ3) is 5.41. The number of esters is 1. The maximum Gasteiger partial charge on any atom is 0.417 e. The second kappa shape index (κ2) is 9.33. The van der Waals surface area contributed by atoms with Gasteiger partial charge < -0.3 is 18.9 Å². The van der Waals surface area contributed by atoms with E-state index >= 15 is 0 Å². The van der Waals surface area contributed by atoms with Crippen molar-refractivity contribution in [1.29, 1.82) is 0 Å². The van der Waals surface area contributed by atoms with Crippen LogP contribution in [-0.2, 0) is 17.5 Å². The maximum atomic E-state index is 13.6. The fraction of sp³-hybridized carbons (Fsp3) is 0.190. The lowest BCUT2D eigenvalue weighted by Crippen LogP contribution is -2.16. The van der Waals surface area contributed by atoms with Crippen LogP contribution >= 0.6 is 0 Å². The van der Waals surface area contributed by atoms with Crippen molar-refractivity contribution in [1.82, 2.24) is 9.97 Å². The number of hydrogen-bond acceptors (Lipinski definition) is 7. The summed E-state index contributed by atoms with van der Waals surface area (Å²) in [7, 11) is 2.67. The lowest BCUT2D eigenvalue weighted by atomic mass is 10.1. The molecule has 3 aromatic rings. The van der Waals surface area contributed by atoms with Gasteiger partial charge in [0.2, 0.25) is 11.8 Å². The molecule has 162 valence electrons. The molecule has 0 fully saturated rings. The Morgan fingerprint density at radius 3 is 2.16 bits per heavy atom. The molecular weight excluding hydrogens is 417 g/mol. The predicted octanol–water partition coefficient (Wildman–Crippen LogP) is 4.66. The summed E-state index contributed by atoms with van der Waals surface area (Å²) in [4.78, 5) is 20.5. The Balaban J connectivity index is 1.98. The third-order valence-electron chi connectivity index (χ3n) is 4.03. The smallest absolute Gasteiger partial charge is 0.417 e. The first-order valence-electron chi connectivity index (χ1n) is 8.88. The second-order valence-electron chi connectivity index (χ2n) is 6.08. The average molecular weight is 434 g/mol. The van der Waals surface area contributed by atoms with Crippen molar-refractivity contribution in [2.24, 2.45) is 0 Å². The first-order chi connectivity index (χ1) is 14.8. The molecule has 3 rings (SSSR count). The zero-order chi connectivity index (χ0) is 22.4. The van der Waals surface area contributed by atoms with Crippen molar-refractivity contribution in [3.63, 3.8) is 0 Å². The zero-order valence-corrected chi connectivity index (χ0v) is 16.5. The van der Waals surface area contributed by atoms with Crippen LogP contribution in [0.1, 0.15) is 21.5 Å². The molecule has 10 heteroatoms. The van der Waals surface area contributed by atoms with Gasteiger partial charge in [-0.1, -0.05) is 36.4 Å². The molecule has 0 aliphatic carbocycles. The number of halogens is 3. The van der Waals surface area contributed by atoms with Crippen LogP contribution in [0, 0.1) is 0 Å². The van der Waals surface area contributed by atoms with Gasteiger partial charge in [0.15, 0.2) is 0 Å². The quantitative estimate of drug-likeness (QED) is 0.500. The van der Waals surface area contributed by atoms with Crippen LogP contribution in [0.25, 0.3) is 0 Å². The monoisotopic (exact) mass is 434 g/mol. The van der Waals surface area contributed by atoms with E-state index in [9.17, 15) is 18.0 Å². The molecule has 0 amide bonds. The highest BCUT2D eigenvalue weighted by Crippen LogP contribution is 2.38. The van der Waals surface area contributed by atoms with E-state index in [1.165, 1.54) is 26.4 Å². The van der Waals surface area contributed by atoms with Crippen LogP contribution < -0.4 is 14.2 Å². The van der Waals surface area contributed by atoms with Gasteiger partial charge in [-0.3, -0.25) is 0 Å². The lowest BCUT2D eigenvalue weighted by molar-refractivity contribution is -0.138. The normalized spacial score (nSPS) is 11.0. The second-order valence-corrected chi connectivity index (χ2v) is 6.08. The number of benzene rings is 2. The van der Waals surface area contributed by atoms with Gasteiger partial charge in [0.05, 0.1) is 25.8 Å². The van der Waals surface area contributed by atoms with Crippen molar-refractivity contribution >= 4 is 5.97 Å². The molecule has 1 aromatic heterocycles. The molecule has 0 bridgehead atoms. The Labute approximate surface area is 175 Å². The summed E-state index contributed by atoms with van der Waals surface area (Å²) in [6.07, 6.45) is -4.83. The molecule has 0 unspecified atom stereocenters. The number of hydrogen-bond donors (Lipinski definition) is 0. The number of carbonyl (C=O) groups is 1. The summed E-state index contributed by atoms with van der Waals surface area (Å²) in [5, 5.41) is 0. The molecule has 0 spiro atoms. The van der Waals surface area contributed by atoms with E-state index in [-0.39, 0.29) is 24.4 Å². The minimum atomic E-state index is -4.83. The van der Waals surface area contributed by atoms with Gasteiger partial charge >= 0.3 is 18.2 Å². The highest BCUT2D eigenvalue weighted by molar-refractivity contribution is 5.94. The number of ether oxygens (including phenoxy) is 4. The minimum Gasteiger partial charge on any atom is -0.481 e. The van der Waals surface area contributed by atoms with Crippen molar-refractivity contribution in [3.05, 3.63) is 71.3 Å². The van der Waals surface area contributed by atoms with Crippen LogP contribution in [0.3, 0.4) is 0 Å². The molecule has 1 heterocycles. The topological polar surface area (TPSA) is 79.8 Å². The van der Waals surface area contributed by atoms with Gasteiger partial charge in [-0.15, -0.1) is 0 Å². The first-order valence-corrected chi connectivity index (χ1v) is 8.88. The molecule has 0 atom stereocenters. The fourth-order valence-corrected chi connectivity index (χ4v) is 2.60. The Morgan fingerprint density at radius 1 is 0.935 bits per heavy atom. The molecule has 0 N–H and O–H groups in total. The van der Waals surface area contributed by atoms with E-state index in [4.69, 9.17) is 18.9 Å². The third-order valence-corrected chi connectivity index (χ3v) is 4.03. The number of aromatic nitrogens is 2. The van der Waals surface area contributed by atoms with Gasteiger partial charge in [0.25, 0.3) is 0 Å². The van der Waals surface area contributed by atoms with Crippen LogP contribution in [-0.4, -0.2) is 30.2 Å². The summed E-state index contributed by atoms with van der Waals surface area (Å²) in [5.41, 5.74) is -1.39. The Morgan fingerprint density at radius 2 is 1.58 bits per heavy atom. The Hall–Kier alpha value is -3.82. The number of carbonyl (C=O) groups excluding carboxylic acids is 1. The summed E-state index contributed by atoms with van der Waals surface area (Å²) in [5.74, 6) is -1.52. The molecule has 0 aliphatic heterocycles. The molecule has 7 nitrogen and oxygen atoms in total. The average Bonchev–Trinajstić information content (AvgIpc) is 2.77. The van der Waals surface area contributed by atoms with Crippen molar-refractivity contribution in [2.45, 2.75) is 12.8 Å². The van der Waals surface area contributed by atoms with E-state index < -0.39 is 29.0 Å². The highest BCUT2D eigenvalue weighted by Gasteiger charge is 2.38. The van der Waals surface area contributed by atoms with Crippen molar-refractivity contribution < 1.29 is 36.9 Å². The standard InChI is InChI=1S/C21H17F3N2O5/c1-28-16-11-17(29-2)26-20(25-16)31-15-10-6-9-14(21(22,23)24)18(15)19(27)30-12-13-7-4-3-5-8-13/h3-11H,12H2,1-2H3. The SMILES string of the molecule is COc1cc(OC)nc(Oc2cccc(C(F)(F)F)c2C(=O)OCc2ccccc2)n1. The van der Waals surface area contributed by atoms with E-state index in [2.05, 4.69) is 9.97 Å². The van der Waals surface area contributed by atoms with Gasteiger partial charge in [0, 0.05) is 0 Å². The number of methoxy groups -OCH3 is 2. The number of alkyl halides is 3.